The van der Waals surface area contributed by atoms with Crippen LogP contribution in [0.15, 0.2) is 30.3 Å². The largest absolute Gasteiger partial charge is 0.356 e. The first-order valence-corrected chi connectivity index (χ1v) is 9.83. The summed E-state index contributed by atoms with van der Waals surface area (Å²) >= 11 is 5.96. The Morgan fingerprint density at radius 1 is 1.19 bits per heavy atom. The molecular formula is C20H26ClN5O. The lowest BCUT2D eigenvalue weighted by atomic mass is 10.1. The lowest BCUT2D eigenvalue weighted by molar-refractivity contribution is -0.120. The molecule has 2 N–H and O–H groups in total. The van der Waals surface area contributed by atoms with Crippen molar-refractivity contribution in [3.8, 4) is 0 Å². The van der Waals surface area contributed by atoms with Crippen molar-refractivity contribution in [1.82, 2.24) is 15.3 Å². The predicted octanol–water partition coefficient (Wildman–Crippen LogP) is 3.20. The monoisotopic (exact) mass is 387 g/mol. The Kier molecular flexibility index (Phi) is 6.87. The van der Waals surface area contributed by atoms with Crippen molar-refractivity contribution in [3.05, 3.63) is 46.6 Å². The third kappa shape index (κ3) is 6.10. The van der Waals surface area contributed by atoms with Gasteiger partial charge in [-0.15, -0.1) is 0 Å². The van der Waals surface area contributed by atoms with Crippen LogP contribution in [0.4, 0.5) is 11.8 Å². The summed E-state index contributed by atoms with van der Waals surface area (Å²) < 4.78 is 0. The van der Waals surface area contributed by atoms with Gasteiger partial charge in [0.25, 0.3) is 0 Å². The summed E-state index contributed by atoms with van der Waals surface area (Å²) in [7, 11) is 0. The molecule has 0 unspecified atom stereocenters. The van der Waals surface area contributed by atoms with Crippen LogP contribution in [-0.2, 0) is 11.2 Å². The second-order valence-corrected chi connectivity index (χ2v) is 7.23. The van der Waals surface area contributed by atoms with E-state index in [0.29, 0.717) is 36.9 Å². The zero-order valence-corrected chi connectivity index (χ0v) is 16.4. The highest BCUT2D eigenvalue weighted by Gasteiger charge is 2.15. The molecule has 0 radical (unpaired) electrons. The van der Waals surface area contributed by atoms with E-state index >= 15 is 0 Å². The van der Waals surface area contributed by atoms with Gasteiger partial charge in [0.1, 0.15) is 5.82 Å². The summed E-state index contributed by atoms with van der Waals surface area (Å²) in [5.41, 5.74) is 2.01. The van der Waals surface area contributed by atoms with Gasteiger partial charge in [0, 0.05) is 49.4 Å². The number of anilines is 2. The number of nitrogens with one attached hydrogen (secondary N) is 2. The van der Waals surface area contributed by atoms with Crippen molar-refractivity contribution in [3.63, 3.8) is 0 Å². The van der Waals surface area contributed by atoms with E-state index < -0.39 is 0 Å². The maximum atomic E-state index is 12.0. The number of amides is 1. The van der Waals surface area contributed by atoms with Crippen LogP contribution in [0.5, 0.6) is 0 Å². The molecule has 1 aromatic heterocycles. The number of hydrogen-bond donors (Lipinski definition) is 2. The molecule has 0 atom stereocenters. The van der Waals surface area contributed by atoms with E-state index in [1.807, 2.05) is 37.3 Å². The third-order valence-corrected chi connectivity index (χ3v) is 4.77. The summed E-state index contributed by atoms with van der Waals surface area (Å²) in [6.07, 6.45) is 3.56. The number of aryl methyl sites for hydroxylation is 2. The van der Waals surface area contributed by atoms with Crippen molar-refractivity contribution in [1.29, 1.82) is 0 Å². The first kappa shape index (κ1) is 19.4. The molecule has 6 nitrogen and oxygen atoms in total. The highest BCUT2D eigenvalue weighted by atomic mass is 35.5. The number of carbonyl (C=O) groups excluding carboxylic acids is 1. The highest BCUT2D eigenvalue weighted by molar-refractivity contribution is 6.30. The average Bonchev–Trinajstić information content (AvgIpc) is 3.18. The van der Waals surface area contributed by atoms with Crippen LogP contribution < -0.4 is 15.5 Å². The maximum absolute atomic E-state index is 12.0. The zero-order valence-electron chi connectivity index (χ0n) is 15.7. The summed E-state index contributed by atoms with van der Waals surface area (Å²) in [4.78, 5) is 23.3. The molecule has 0 aliphatic carbocycles. The average molecular weight is 388 g/mol. The zero-order chi connectivity index (χ0) is 19.1. The van der Waals surface area contributed by atoms with Gasteiger partial charge in [0.05, 0.1) is 0 Å². The number of rotatable bonds is 8. The topological polar surface area (TPSA) is 70.2 Å². The van der Waals surface area contributed by atoms with Crippen LogP contribution in [0.25, 0.3) is 0 Å². The van der Waals surface area contributed by atoms with Crippen LogP contribution >= 0.6 is 11.6 Å². The second-order valence-electron chi connectivity index (χ2n) is 6.79. The van der Waals surface area contributed by atoms with Gasteiger partial charge in [0.15, 0.2) is 0 Å². The van der Waals surface area contributed by atoms with Gasteiger partial charge in [-0.05, 0) is 43.9 Å². The fourth-order valence-electron chi connectivity index (χ4n) is 3.15. The minimum Gasteiger partial charge on any atom is -0.356 e. The Bertz CT molecular complexity index is 777. The van der Waals surface area contributed by atoms with Crippen LogP contribution in [-0.4, -0.2) is 42.1 Å². The van der Waals surface area contributed by atoms with Gasteiger partial charge in [-0.2, -0.15) is 4.98 Å². The van der Waals surface area contributed by atoms with Crippen LogP contribution in [0.2, 0.25) is 5.02 Å². The van der Waals surface area contributed by atoms with E-state index in [9.17, 15) is 4.79 Å². The summed E-state index contributed by atoms with van der Waals surface area (Å²) in [5.74, 6) is 1.62. The van der Waals surface area contributed by atoms with Crippen LogP contribution in [0.3, 0.4) is 0 Å². The van der Waals surface area contributed by atoms with Gasteiger partial charge < -0.3 is 15.5 Å². The molecule has 1 fully saturated rings. The standard InChI is InChI=1S/C20H26ClN5O/c1-15-13-18(26-11-2-3-12-26)25-20(24-15)23-10-9-22-19(27)8-7-16-5-4-6-17(21)14-16/h4-6,13-14H,2-3,7-12H2,1H3,(H,22,27)(H,23,24,25). The molecule has 1 aromatic carbocycles. The number of nitrogens with zero attached hydrogens (tertiary/aromatic N) is 3. The molecule has 1 amide bonds. The van der Waals surface area contributed by atoms with Crippen LogP contribution in [0.1, 0.15) is 30.5 Å². The van der Waals surface area contributed by atoms with E-state index in [0.717, 1.165) is 30.2 Å². The molecule has 1 aliphatic rings. The summed E-state index contributed by atoms with van der Waals surface area (Å²) in [6.45, 7) is 5.21. The van der Waals surface area contributed by atoms with Gasteiger partial charge >= 0.3 is 0 Å². The quantitative estimate of drug-likeness (QED) is 0.680. The minimum atomic E-state index is 0.0275. The molecule has 144 valence electrons. The fraction of sp³-hybridized carbons (Fsp3) is 0.450. The minimum absolute atomic E-state index is 0.0275. The molecule has 0 saturated carbocycles. The predicted molar refractivity (Wildman–Crippen MR) is 109 cm³/mol. The van der Waals surface area contributed by atoms with Gasteiger partial charge in [-0.3, -0.25) is 4.79 Å². The third-order valence-electron chi connectivity index (χ3n) is 4.53. The smallest absolute Gasteiger partial charge is 0.224 e. The molecule has 2 heterocycles. The first-order chi connectivity index (χ1) is 13.1. The van der Waals surface area contributed by atoms with E-state index in [4.69, 9.17) is 11.6 Å². The molecule has 27 heavy (non-hydrogen) atoms. The van der Waals surface area contributed by atoms with Crippen molar-refractivity contribution in [2.45, 2.75) is 32.6 Å². The van der Waals surface area contributed by atoms with E-state index in [2.05, 4.69) is 25.5 Å². The number of halogens is 1. The van der Waals surface area contributed by atoms with Crippen molar-refractivity contribution < 1.29 is 4.79 Å². The maximum Gasteiger partial charge on any atom is 0.224 e. The Morgan fingerprint density at radius 2 is 2.00 bits per heavy atom. The molecule has 7 heteroatoms. The molecular weight excluding hydrogens is 362 g/mol. The van der Waals surface area contributed by atoms with E-state index in [1.54, 1.807) is 0 Å². The first-order valence-electron chi connectivity index (χ1n) is 9.46. The molecule has 1 saturated heterocycles. The number of carbonyl (C=O) groups is 1. The number of benzene rings is 1. The Balaban J connectivity index is 1.40. The normalized spacial score (nSPS) is 13.6. The number of aromatic nitrogens is 2. The van der Waals surface area contributed by atoms with Crippen LogP contribution in [0, 0.1) is 6.92 Å². The Labute approximate surface area is 165 Å². The molecule has 3 rings (SSSR count). The second kappa shape index (κ2) is 9.55. The van der Waals surface area contributed by atoms with E-state index in [-0.39, 0.29) is 5.91 Å². The number of hydrogen-bond acceptors (Lipinski definition) is 5. The lowest BCUT2D eigenvalue weighted by Crippen LogP contribution is -2.29. The van der Waals surface area contributed by atoms with Gasteiger partial charge in [0.2, 0.25) is 11.9 Å². The molecule has 1 aliphatic heterocycles. The van der Waals surface area contributed by atoms with Crippen molar-refractivity contribution >= 4 is 29.3 Å². The Hall–Kier alpha value is -2.34. The molecule has 0 bridgehead atoms. The fourth-order valence-corrected chi connectivity index (χ4v) is 3.37. The van der Waals surface area contributed by atoms with Gasteiger partial charge in [-0.25, -0.2) is 4.98 Å². The SMILES string of the molecule is Cc1cc(N2CCCC2)nc(NCCNC(=O)CCc2cccc(Cl)c2)n1. The molecule has 0 spiro atoms. The van der Waals surface area contributed by atoms with Crippen molar-refractivity contribution in [2.75, 3.05) is 36.4 Å². The highest BCUT2D eigenvalue weighted by Crippen LogP contribution is 2.19. The van der Waals surface area contributed by atoms with Gasteiger partial charge in [-0.1, -0.05) is 23.7 Å². The summed E-state index contributed by atoms with van der Waals surface area (Å²) in [5, 5.41) is 6.82. The Morgan fingerprint density at radius 3 is 2.78 bits per heavy atom. The summed E-state index contributed by atoms with van der Waals surface area (Å²) in [6, 6.07) is 9.63. The van der Waals surface area contributed by atoms with Crippen molar-refractivity contribution in [2.24, 2.45) is 0 Å². The molecule has 2 aromatic rings. The van der Waals surface area contributed by atoms with E-state index in [1.165, 1.54) is 12.8 Å². The lowest BCUT2D eigenvalue weighted by Gasteiger charge is -2.17.